The van der Waals surface area contributed by atoms with E-state index >= 15 is 0 Å². The number of nitrogens with zero attached hydrogens (tertiary/aromatic N) is 2. The van der Waals surface area contributed by atoms with Gasteiger partial charge in [-0.05, 0) is 31.4 Å². The molecule has 3 unspecified atom stereocenters. The van der Waals surface area contributed by atoms with Crippen molar-refractivity contribution in [3.8, 4) is 0 Å². The van der Waals surface area contributed by atoms with E-state index in [0.717, 1.165) is 6.42 Å². The van der Waals surface area contributed by atoms with Crippen molar-refractivity contribution in [1.29, 1.82) is 0 Å². The van der Waals surface area contributed by atoms with Crippen LogP contribution in [0.15, 0.2) is 29.2 Å². The lowest BCUT2D eigenvalue weighted by molar-refractivity contribution is -0.384. The van der Waals surface area contributed by atoms with Gasteiger partial charge in [0.05, 0.1) is 22.8 Å². The molecule has 130 valence electrons. The van der Waals surface area contributed by atoms with Crippen LogP contribution >= 0.6 is 0 Å². The topological polar surface area (TPSA) is 107 Å². The molecule has 2 saturated heterocycles. The van der Waals surface area contributed by atoms with E-state index in [1.165, 1.54) is 35.7 Å². The number of methoxy groups -OCH3 is 1. The van der Waals surface area contributed by atoms with Crippen LogP contribution in [0.25, 0.3) is 0 Å². The Morgan fingerprint density at radius 3 is 2.54 bits per heavy atom. The van der Waals surface area contributed by atoms with Crippen LogP contribution < -0.4 is 0 Å². The standard InChI is InChI=1S/C15H18N2O6S/c1-23-15(18)13-9-11-3-2-4-14(13)16(11)24(21,22)12-7-5-10(6-8-12)17(19)20/h5-8,11,13-14H,2-4,9H2,1H3. The minimum absolute atomic E-state index is 0.00974. The molecule has 9 heteroatoms. The van der Waals surface area contributed by atoms with Gasteiger partial charge in [0.25, 0.3) is 5.69 Å². The zero-order valence-electron chi connectivity index (χ0n) is 13.1. The van der Waals surface area contributed by atoms with Crippen molar-refractivity contribution < 1.29 is 22.9 Å². The van der Waals surface area contributed by atoms with E-state index < -0.39 is 26.9 Å². The summed E-state index contributed by atoms with van der Waals surface area (Å²) >= 11 is 0. The highest BCUT2D eigenvalue weighted by Gasteiger charge is 2.52. The number of sulfonamides is 1. The third-order valence-electron chi connectivity index (χ3n) is 4.84. The molecule has 0 spiro atoms. The molecule has 2 aliphatic rings. The van der Waals surface area contributed by atoms with Gasteiger partial charge in [0, 0.05) is 24.2 Å². The van der Waals surface area contributed by atoms with Gasteiger partial charge in [0.2, 0.25) is 10.0 Å². The van der Waals surface area contributed by atoms with Crippen LogP contribution in [-0.2, 0) is 19.6 Å². The first-order valence-electron chi connectivity index (χ1n) is 7.72. The largest absolute Gasteiger partial charge is 0.469 e. The highest BCUT2D eigenvalue weighted by atomic mass is 32.2. The van der Waals surface area contributed by atoms with Crippen LogP contribution in [0.3, 0.4) is 0 Å². The second-order valence-electron chi connectivity index (χ2n) is 6.10. The van der Waals surface area contributed by atoms with E-state index in [1.54, 1.807) is 0 Å². The Morgan fingerprint density at radius 1 is 1.29 bits per heavy atom. The highest BCUT2D eigenvalue weighted by molar-refractivity contribution is 7.89. The fraction of sp³-hybridized carbons (Fsp3) is 0.533. The van der Waals surface area contributed by atoms with Crippen molar-refractivity contribution in [2.24, 2.45) is 5.92 Å². The van der Waals surface area contributed by atoms with Crippen molar-refractivity contribution in [3.63, 3.8) is 0 Å². The number of rotatable bonds is 4. The molecule has 2 heterocycles. The van der Waals surface area contributed by atoms with Crippen LogP contribution in [0.2, 0.25) is 0 Å². The van der Waals surface area contributed by atoms with Crippen LogP contribution in [0.4, 0.5) is 5.69 Å². The predicted octanol–water partition coefficient (Wildman–Crippen LogP) is 1.70. The van der Waals surface area contributed by atoms with Crippen LogP contribution in [0.5, 0.6) is 0 Å². The summed E-state index contributed by atoms with van der Waals surface area (Å²) in [5.41, 5.74) is -0.164. The predicted molar refractivity (Wildman–Crippen MR) is 83.7 cm³/mol. The summed E-state index contributed by atoms with van der Waals surface area (Å²) in [6.45, 7) is 0. The first-order chi connectivity index (χ1) is 11.4. The van der Waals surface area contributed by atoms with E-state index in [4.69, 9.17) is 4.74 Å². The summed E-state index contributed by atoms with van der Waals surface area (Å²) in [6.07, 6.45) is 2.65. The SMILES string of the molecule is COC(=O)C1CC2CCCC1N2S(=O)(=O)c1ccc([N+](=O)[O-])cc1. The Kier molecular flexibility index (Phi) is 4.31. The van der Waals surface area contributed by atoms with Gasteiger partial charge in [0.1, 0.15) is 0 Å². The minimum atomic E-state index is -3.81. The average Bonchev–Trinajstić information content (AvgIpc) is 2.81. The Bertz CT molecular complexity index is 761. The number of ether oxygens (including phenoxy) is 1. The number of carbonyl (C=O) groups is 1. The van der Waals surface area contributed by atoms with E-state index in [9.17, 15) is 23.3 Å². The summed E-state index contributed by atoms with van der Waals surface area (Å²) in [5, 5.41) is 10.7. The summed E-state index contributed by atoms with van der Waals surface area (Å²) in [6, 6.07) is 4.21. The van der Waals surface area contributed by atoms with Crippen molar-refractivity contribution in [2.75, 3.05) is 7.11 Å². The smallest absolute Gasteiger partial charge is 0.310 e. The number of fused-ring (bicyclic) bond motifs is 2. The third-order valence-corrected chi connectivity index (χ3v) is 6.83. The maximum Gasteiger partial charge on any atom is 0.310 e. The normalized spacial score (nSPS) is 27.0. The van der Waals surface area contributed by atoms with Gasteiger partial charge in [-0.25, -0.2) is 8.42 Å². The molecule has 24 heavy (non-hydrogen) atoms. The lowest BCUT2D eigenvalue weighted by atomic mass is 9.99. The molecule has 0 aliphatic carbocycles. The van der Waals surface area contributed by atoms with E-state index in [1.807, 2.05) is 0 Å². The van der Waals surface area contributed by atoms with Gasteiger partial charge < -0.3 is 4.74 Å². The molecule has 3 atom stereocenters. The maximum atomic E-state index is 13.0. The number of esters is 1. The van der Waals surface area contributed by atoms with Gasteiger partial charge in [-0.1, -0.05) is 6.42 Å². The number of carbonyl (C=O) groups excluding carboxylic acids is 1. The minimum Gasteiger partial charge on any atom is -0.469 e. The van der Waals surface area contributed by atoms with Gasteiger partial charge in [-0.3, -0.25) is 14.9 Å². The molecule has 2 fully saturated rings. The fourth-order valence-electron chi connectivity index (χ4n) is 3.78. The third kappa shape index (κ3) is 2.67. The summed E-state index contributed by atoms with van der Waals surface area (Å²) < 4.78 is 32.2. The van der Waals surface area contributed by atoms with E-state index in [2.05, 4.69) is 0 Å². The summed E-state index contributed by atoms with van der Waals surface area (Å²) in [5.74, 6) is -0.830. The fourth-order valence-corrected chi connectivity index (χ4v) is 5.70. The number of nitro groups is 1. The number of nitro benzene ring substituents is 1. The van der Waals surface area contributed by atoms with Crippen molar-refractivity contribution in [2.45, 2.75) is 42.7 Å². The molecule has 2 aliphatic heterocycles. The molecule has 3 rings (SSSR count). The Morgan fingerprint density at radius 2 is 1.96 bits per heavy atom. The van der Waals surface area contributed by atoms with Crippen molar-refractivity contribution in [3.05, 3.63) is 34.4 Å². The van der Waals surface area contributed by atoms with Gasteiger partial charge in [-0.2, -0.15) is 4.31 Å². The maximum absolute atomic E-state index is 13.0. The number of hydrogen-bond donors (Lipinski definition) is 0. The molecule has 1 aromatic rings. The lowest BCUT2D eigenvalue weighted by Gasteiger charge is -2.34. The average molecular weight is 354 g/mol. The molecule has 1 aromatic carbocycles. The second kappa shape index (κ2) is 6.14. The monoisotopic (exact) mass is 354 g/mol. The van der Waals surface area contributed by atoms with Crippen LogP contribution in [0, 0.1) is 16.0 Å². The Hall–Kier alpha value is -2.00. The van der Waals surface area contributed by atoms with Crippen molar-refractivity contribution >= 4 is 21.7 Å². The molecule has 0 radical (unpaired) electrons. The molecule has 0 saturated carbocycles. The van der Waals surface area contributed by atoms with E-state index in [-0.39, 0.29) is 22.6 Å². The Balaban J connectivity index is 1.94. The molecule has 8 nitrogen and oxygen atoms in total. The lowest BCUT2D eigenvalue weighted by Crippen LogP contribution is -2.45. The molecule has 0 aromatic heterocycles. The number of benzene rings is 1. The number of non-ortho nitro benzene ring substituents is 1. The number of piperidine rings is 1. The first-order valence-corrected chi connectivity index (χ1v) is 9.16. The first kappa shape index (κ1) is 16.8. The Labute approximate surface area is 139 Å². The van der Waals surface area contributed by atoms with Crippen LogP contribution in [-0.4, -0.2) is 42.8 Å². The highest BCUT2D eigenvalue weighted by Crippen LogP contribution is 2.43. The summed E-state index contributed by atoms with van der Waals surface area (Å²) in [7, 11) is -2.51. The molecular formula is C15H18N2O6S. The molecule has 0 amide bonds. The zero-order valence-corrected chi connectivity index (χ0v) is 13.9. The number of hydrogen-bond acceptors (Lipinski definition) is 6. The van der Waals surface area contributed by atoms with Gasteiger partial charge >= 0.3 is 5.97 Å². The molecular weight excluding hydrogens is 336 g/mol. The molecule has 2 bridgehead atoms. The summed E-state index contributed by atoms with van der Waals surface area (Å²) in [4.78, 5) is 22.1. The van der Waals surface area contributed by atoms with Gasteiger partial charge in [0.15, 0.2) is 0 Å². The van der Waals surface area contributed by atoms with Gasteiger partial charge in [-0.15, -0.1) is 0 Å². The van der Waals surface area contributed by atoms with Crippen molar-refractivity contribution in [1.82, 2.24) is 4.31 Å². The van der Waals surface area contributed by atoms with E-state index in [0.29, 0.717) is 19.3 Å². The zero-order chi connectivity index (χ0) is 17.5. The van der Waals surface area contributed by atoms with Crippen LogP contribution in [0.1, 0.15) is 25.7 Å². The quantitative estimate of drug-likeness (QED) is 0.463. The second-order valence-corrected chi connectivity index (χ2v) is 7.95. The molecule has 0 N–H and O–H groups in total.